The van der Waals surface area contributed by atoms with Crippen LogP contribution in [0.15, 0.2) is 92.4 Å². The number of nitrogens with zero attached hydrogens (tertiary/aromatic N) is 2. The third kappa shape index (κ3) is 6.94. The molecule has 210 valence electrons. The van der Waals surface area contributed by atoms with E-state index in [1.54, 1.807) is 12.1 Å². The number of aliphatic hydroxyl groups is 1. The van der Waals surface area contributed by atoms with Crippen LogP contribution in [-0.4, -0.2) is 39.1 Å². The van der Waals surface area contributed by atoms with Crippen molar-refractivity contribution >= 4 is 48.9 Å². The van der Waals surface area contributed by atoms with Gasteiger partial charge in [-0.2, -0.15) is 0 Å². The lowest BCUT2D eigenvalue weighted by molar-refractivity contribution is -0.140. The van der Waals surface area contributed by atoms with E-state index in [0.29, 0.717) is 39.2 Å². The molecule has 1 heterocycles. The Morgan fingerprint density at radius 1 is 0.878 bits per heavy atom. The molecule has 41 heavy (non-hydrogen) atoms. The summed E-state index contributed by atoms with van der Waals surface area (Å²) in [5.74, 6) is -0.103. The van der Waals surface area contributed by atoms with E-state index < -0.39 is 18.6 Å². The summed E-state index contributed by atoms with van der Waals surface area (Å²) in [5, 5.41) is 29.3. The third-order valence-electron chi connectivity index (χ3n) is 6.39. The van der Waals surface area contributed by atoms with Crippen LogP contribution in [0.25, 0.3) is 22.2 Å². The van der Waals surface area contributed by atoms with E-state index in [1.807, 2.05) is 48.5 Å². The van der Waals surface area contributed by atoms with Crippen LogP contribution >= 0.6 is 31.9 Å². The molecular weight excluding hydrogens is 658 g/mol. The molecule has 3 N–H and O–H groups in total. The molecular formula is C30H25Br2N3O6. The molecule has 0 saturated heterocycles. The molecule has 0 radical (unpaired) electrons. The van der Waals surface area contributed by atoms with Gasteiger partial charge in [0.1, 0.15) is 41.8 Å². The summed E-state index contributed by atoms with van der Waals surface area (Å²) < 4.78 is 18.8. The second-order valence-electron chi connectivity index (χ2n) is 9.15. The second kappa shape index (κ2) is 13.3. The Hall–Kier alpha value is -3.77. The minimum atomic E-state index is -1.15. The first-order chi connectivity index (χ1) is 19.9. The number of aromatic nitrogens is 2. The Bertz CT molecular complexity index is 1660. The predicted molar refractivity (Wildman–Crippen MR) is 160 cm³/mol. The van der Waals surface area contributed by atoms with Crippen molar-refractivity contribution in [3.63, 3.8) is 0 Å². The average molecular weight is 683 g/mol. The number of nitrogens with one attached hydrogen (secondary N) is 1. The number of hydrogen-bond donors (Lipinski definition) is 3. The van der Waals surface area contributed by atoms with Crippen molar-refractivity contribution in [3.05, 3.63) is 104 Å². The van der Waals surface area contributed by atoms with Crippen molar-refractivity contribution in [1.29, 1.82) is 0 Å². The highest BCUT2D eigenvalue weighted by molar-refractivity contribution is 9.11. The molecule has 0 aliphatic rings. The zero-order chi connectivity index (χ0) is 28.8. The van der Waals surface area contributed by atoms with Gasteiger partial charge in [-0.05, 0) is 77.1 Å². The maximum absolute atomic E-state index is 11.4. The standard InChI is InChI=1S/C30H25Br2N3O6/c31-23-12-21(14-33-26(15-36)30(37)38)27(39-16-18-9-10-24-25(11-18)35-41-34-24)13-28(23)40-17-20-7-4-8-22(29(20)32)19-5-2-1-3-6-19/h1-13,26,33,36H,14-17H2,(H,37,38)/t26-/m1/s1. The van der Waals surface area contributed by atoms with Crippen molar-refractivity contribution in [3.8, 4) is 22.6 Å². The van der Waals surface area contributed by atoms with Gasteiger partial charge in [0.05, 0.1) is 11.1 Å². The van der Waals surface area contributed by atoms with Crippen LogP contribution in [0.5, 0.6) is 11.5 Å². The number of carboxylic acid groups (broad SMARTS) is 1. The molecule has 5 aromatic rings. The number of fused-ring (bicyclic) bond motifs is 1. The number of carbonyl (C=O) groups is 1. The topological polar surface area (TPSA) is 127 Å². The van der Waals surface area contributed by atoms with E-state index in [4.69, 9.17) is 14.1 Å². The highest BCUT2D eigenvalue weighted by atomic mass is 79.9. The molecule has 5 rings (SSSR count). The van der Waals surface area contributed by atoms with Crippen molar-refractivity contribution in [2.75, 3.05) is 6.61 Å². The number of aliphatic hydroxyl groups excluding tert-OH is 1. The van der Waals surface area contributed by atoms with Gasteiger partial charge in [0.25, 0.3) is 0 Å². The van der Waals surface area contributed by atoms with Crippen molar-refractivity contribution in [1.82, 2.24) is 15.6 Å². The fourth-order valence-electron chi connectivity index (χ4n) is 4.19. The first-order valence-electron chi connectivity index (χ1n) is 12.6. The van der Waals surface area contributed by atoms with E-state index in [2.05, 4.69) is 65.7 Å². The summed E-state index contributed by atoms with van der Waals surface area (Å²) in [6.07, 6.45) is 0. The molecule has 9 nitrogen and oxygen atoms in total. The fourth-order valence-corrected chi connectivity index (χ4v) is 5.30. The first kappa shape index (κ1) is 28.7. The Kier molecular flexibility index (Phi) is 9.30. The highest BCUT2D eigenvalue weighted by Gasteiger charge is 2.18. The van der Waals surface area contributed by atoms with Crippen LogP contribution in [-0.2, 0) is 24.6 Å². The molecule has 11 heteroatoms. The zero-order valence-corrected chi connectivity index (χ0v) is 24.8. The molecule has 1 atom stereocenters. The van der Waals surface area contributed by atoms with Gasteiger partial charge in [0, 0.05) is 28.2 Å². The lowest BCUT2D eigenvalue weighted by Gasteiger charge is -2.18. The minimum Gasteiger partial charge on any atom is -0.488 e. The van der Waals surface area contributed by atoms with Gasteiger partial charge in [0.2, 0.25) is 0 Å². The van der Waals surface area contributed by atoms with Crippen molar-refractivity contribution in [2.24, 2.45) is 0 Å². The molecule has 0 unspecified atom stereocenters. The van der Waals surface area contributed by atoms with Crippen molar-refractivity contribution < 1.29 is 29.1 Å². The maximum Gasteiger partial charge on any atom is 0.323 e. The first-order valence-corrected chi connectivity index (χ1v) is 14.2. The SMILES string of the molecule is O=C(O)[C@@H](CO)NCc1cc(Br)c(OCc2cccc(-c3ccccc3)c2Br)cc1OCc1ccc2nonc2c1. The zero-order valence-electron chi connectivity index (χ0n) is 21.6. The van der Waals surface area contributed by atoms with Crippen LogP contribution in [0.2, 0.25) is 0 Å². The molecule has 0 amide bonds. The Morgan fingerprint density at radius 2 is 1.66 bits per heavy atom. The lowest BCUT2D eigenvalue weighted by Crippen LogP contribution is -2.39. The number of hydrogen-bond acceptors (Lipinski definition) is 8. The summed E-state index contributed by atoms with van der Waals surface area (Å²) in [7, 11) is 0. The summed E-state index contributed by atoms with van der Waals surface area (Å²) in [4.78, 5) is 11.4. The summed E-state index contributed by atoms with van der Waals surface area (Å²) in [5.41, 5.74) is 5.91. The van der Waals surface area contributed by atoms with Crippen LogP contribution in [0.3, 0.4) is 0 Å². The lowest BCUT2D eigenvalue weighted by atomic mass is 10.0. The van der Waals surface area contributed by atoms with Gasteiger partial charge in [-0.25, -0.2) is 4.63 Å². The smallest absolute Gasteiger partial charge is 0.323 e. The van der Waals surface area contributed by atoms with E-state index in [0.717, 1.165) is 26.7 Å². The van der Waals surface area contributed by atoms with E-state index in [1.165, 1.54) is 0 Å². The van der Waals surface area contributed by atoms with Crippen LogP contribution in [0.4, 0.5) is 0 Å². The van der Waals surface area contributed by atoms with Gasteiger partial charge in [-0.15, -0.1) is 0 Å². The number of aliphatic carboxylic acids is 1. The number of ether oxygens (including phenoxy) is 2. The molecule has 4 aromatic carbocycles. The molecule has 1 aromatic heterocycles. The molecule has 0 fully saturated rings. The summed E-state index contributed by atoms with van der Waals surface area (Å²) >= 11 is 7.33. The minimum absolute atomic E-state index is 0.142. The van der Waals surface area contributed by atoms with Crippen LogP contribution < -0.4 is 14.8 Å². The Labute approximate surface area is 252 Å². The van der Waals surface area contributed by atoms with E-state index in [-0.39, 0.29) is 13.2 Å². The molecule has 0 aliphatic heterocycles. The number of halogens is 2. The average Bonchev–Trinajstić information content (AvgIpc) is 3.45. The van der Waals surface area contributed by atoms with E-state index in [9.17, 15) is 15.0 Å². The normalized spacial score (nSPS) is 11.9. The van der Waals surface area contributed by atoms with Crippen LogP contribution in [0.1, 0.15) is 16.7 Å². The van der Waals surface area contributed by atoms with Gasteiger partial charge >= 0.3 is 5.97 Å². The number of carboxylic acids is 1. The van der Waals surface area contributed by atoms with Crippen molar-refractivity contribution in [2.45, 2.75) is 25.8 Å². The quantitative estimate of drug-likeness (QED) is 0.143. The molecule has 0 spiro atoms. The summed E-state index contributed by atoms with van der Waals surface area (Å²) in [6.45, 7) is 0.0986. The highest BCUT2D eigenvalue weighted by Crippen LogP contribution is 2.36. The molecule has 0 aliphatic carbocycles. The summed E-state index contributed by atoms with van der Waals surface area (Å²) in [6, 6.07) is 24.1. The number of benzene rings is 4. The fraction of sp³-hybridized carbons (Fsp3) is 0.167. The van der Waals surface area contributed by atoms with Gasteiger partial charge in [-0.3, -0.25) is 10.1 Å². The van der Waals surface area contributed by atoms with Gasteiger partial charge < -0.3 is 19.7 Å². The Balaban J connectivity index is 1.38. The molecule has 0 bridgehead atoms. The molecule has 0 saturated carbocycles. The number of rotatable bonds is 12. The largest absolute Gasteiger partial charge is 0.488 e. The van der Waals surface area contributed by atoms with E-state index >= 15 is 0 Å². The third-order valence-corrected chi connectivity index (χ3v) is 7.95. The van der Waals surface area contributed by atoms with Gasteiger partial charge in [-0.1, -0.05) is 54.6 Å². The predicted octanol–water partition coefficient (Wildman–Crippen LogP) is 6.11. The van der Waals surface area contributed by atoms with Crippen LogP contribution in [0, 0.1) is 0 Å². The monoisotopic (exact) mass is 681 g/mol. The Morgan fingerprint density at radius 3 is 2.44 bits per heavy atom. The second-order valence-corrected chi connectivity index (χ2v) is 10.8. The maximum atomic E-state index is 11.4. The van der Waals surface area contributed by atoms with Gasteiger partial charge in [0.15, 0.2) is 0 Å².